The molecule has 1 atom stereocenters. The monoisotopic (exact) mass is 512 g/mol. The lowest BCUT2D eigenvalue weighted by Crippen LogP contribution is -2.20. The Bertz CT molecular complexity index is 884. The Morgan fingerprint density at radius 3 is 2.09 bits per heavy atom. The van der Waals surface area contributed by atoms with Crippen LogP contribution in [0.15, 0.2) is 18.2 Å². The van der Waals surface area contributed by atoms with Crippen LogP contribution in [0.4, 0.5) is 0 Å². The number of hydrogen-bond acceptors (Lipinski definition) is 7. The highest BCUT2D eigenvalue weighted by molar-refractivity contribution is 7.55. The molecule has 1 rings (SSSR count). The van der Waals surface area contributed by atoms with Gasteiger partial charge in [-0.15, -0.1) is 0 Å². The molecule has 0 radical (unpaired) electrons. The number of ether oxygens (including phenoxy) is 3. The molecule has 0 amide bonds. The number of carbonyl (C=O) groups excluding carboxylic acids is 1. The zero-order valence-electron chi connectivity index (χ0n) is 23.2. The van der Waals surface area contributed by atoms with Crippen molar-refractivity contribution >= 4 is 19.5 Å². The molecule has 1 aromatic rings. The van der Waals surface area contributed by atoms with Gasteiger partial charge in [-0.25, -0.2) is 0 Å². The van der Waals surface area contributed by atoms with E-state index in [1.54, 1.807) is 34.0 Å². The maximum atomic E-state index is 13.1. The molecular formula is C27H45O7P. The summed E-state index contributed by atoms with van der Waals surface area (Å²) in [6.07, 6.45) is 3.15. The first kappa shape index (κ1) is 31.5. The molecule has 7 nitrogen and oxygen atoms in total. The Morgan fingerprint density at radius 1 is 1.00 bits per heavy atom. The number of carbonyl (C=O) groups is 1. The van der Waals surface area contributed by atoms with Crippen LogP contribution in [-0.2, 0) is 38.7 Å². The van der Waals surface area contributed by atoms with Gasteiger partial charge in [0.2, 0.25) is 0 Å². The topological polar surface area (TPSA) is 80.3 Å². The summed E-state index contributed by atoms with van der Waals surface area (Å²) in [4.78, 5) is 13.0. The largest absolute Gasteiger partial charge is 0.467 e. The summed E-state index contributed by atoms with van der Waals surface area (Å²) < 4.78 is 40.5. The van der Waals surface area contributed by atoms with Crippen molar-refractivity contribution < 1.29 is 32.6 Å². The normalized spacial score (nSPS) is 13.9. The van der Waals surface area contributed by atoms with Gasteiger partial charge in [-0.05, 0) is 55.4 Å². The van der Waals surface area contributed by atoms with Crippen LogP contribution in [0, 0.1) is 0 Å². The highest BCUT2D eigenvalue weighted by Crippen LogP contribution is 2.53. The minimum atomic E-state index is -3.56. The van der Waals surface area contributed by atoms with Crippen molar-refractivity contribution in [1.29, 1.82) is 0 Å². The zero-order valence-corrected chi connectivity index (χ0v) is 24.1. The Balaban J connectivity index is 3.48. The maximum absolute atomic E-state index is 13.1. The molecule has 35 heavy (non-hydrogen) atoms. The highest BCUT2D eigenvalue weighted by atomic mass is 31.2. The van der Waals surface area contributed by atoms with Crippen LogP contribution in [0.2, 0.25) is 0 Å². The average molecular weight is 513 g/mol. The molecule has 0 saturated heterocycles. The minimum absolute atomic E-state index is 0.0520. The van der Waals surface area contributed by atoms with Crippen LogP contribution in [0.5, 0.6) is 5.75 Å². The molecule has 8 heteroatoms. The van der Waals surface area contributed by atoms with Gasteiger partial charge >= 0.3 is 7.60 Å². The van der Waals surface area contributed by atoms with Crippen LogP contribution in [0.3, 0.4) is 0 Å². The third-order valence-corrected chi connectivity index (χ3v) is 7.88. The van der Waals surface area contributed by atoms with Gasteiger partial charge in [-0.1, -0.05) is 47.6 Å². The van der Waals surface area contributed by atoms with Crippen molar-refractivity contribution in [2.24, 2.45) is 0 Å². The second-order valence-corrected chi connectivity index (χ2v) is 12.8. The highest BCUT2D eigenvalue weighted by Gasteiger charge is 2.36. The molecule has 1 unspecified atom stereocenters. The molecule has 0 aliphatic rings. The molecule has 1 aromatic carbocycles. The van der Waals surface area contributed by atoms with E-state index in [4.69, 9.17) is 23.3 Å². The van der Waals surface area contributed by atoms with E-state index in [9.17, 15) is 9.36 Å². The summed E-state index contributed by atoms with van der Waals surface area (Å²) in [7, 11) is -1.95. The van der Waals surface area contributed by atoms with Crippen molar-refractivity contribution in [1.82, 2.24) is 0 Å². The molecule has 200 valence electrons. The van der Waals surface area contributed by atoms with Crippen LogP contribution in [0.1, 0.15) is 79.0 Å². The fourth-order valence-corrected chi connectivity index (χ4v) is 4.96. The number of methoxy groups -OCH3 is 1. The Kier molecular flexibility index (Phi) is 12.4. The number of hydrogen-bond donors (Lipinski definition) is 0. The van der Waals surface area contributed by atoms with Crippen molar-refractivity contribution in [2.75, 3.05) is 40.3 Å². The minimum Gasteiger partial charge on any atom is -0.467 e. The maximum Gasteiger partial charge on any atom is 0.341 e. The zero-order chi connectivity index (χ0) is 26.9. The SMILES string of the molecule is CCOP(=O)(OCC)C(C)C(=O)/C=C/c1cc(C(C)(C)C)cc(C(C)(C)C)c1OCOCCOC. The lowest BCUT2D eigenvalue weighted by atomic mass is 9.79. The quantitative estimate of drug-likeness (QED) is 0.122. The van der Waals surface area contributed by atoms with Crippen LogP contribution in [0.25, 0.3) is 6.08 Å². The van der Waals surface area contributed by atoms with Crippen molar-refractivity contribution in [2.45, 2.75) is 78.8 Å². The Morgan fingerprint density at radius 2 is 1.60 bits per heavy atom. The van der Waals surface area contributed by atoms with E-state index < -0.39 is 13.3 Å². The summed E-state index contributed by atoms with van der Waals surface area (Å²) in [5.74, 6) is 0.313. The van der Waals surface area contributed by atoms with E-state index in [0.717, 1.165) is 16.7 Å². The number of rotatable bonds is 14. The smallest absolute Gasteiger partial charge is 0.341 e. The first-order valence-corrected chi connectivity index (χ1v) is 13.8. The number of ketones is 1. The second kappa shape index (κ2) is 13.7. The molecule has 0 aliphatic carbocycles. The van der Waals surface area contributed by atoms with Crippen LogP contribution >= 0.6 is 7.60 Å². The molecule has 0 fully saturated rings. The van der Waals surface area contributed by atoms with E-state index in [1.807, 2.05) is 6.07 Å². The van der Waals surface area contributed by atoms with Gasteiger partial charge in [0.1, 0.15) is 11.4 Å². The van der Waals surface area contributed by atoms with E-state index in [-0.39, 0.29) is 36.6 Å². The third kappa shape index (κ3) is 9.47. The first-order valence-electron chi connectivity index (χ1n) is 12.2. The summed E-state index contributed by atoms with van der Waals surface area (Å²) in [5.41, 5.74) is 1.61. The molecule has 0 N–H and O–H groups in total. The molecule has 0 aromatic heterocycles. The van der Waals surface area contributed by atoms with Gasteiger partial charge in [-0.2, -0.15) is 0 Å². The van der Waals surface area contributed by atoms with Crippen LogP contribution < -0.4 is 4.74 Å². The molecule has 0 aliphatic heterocycles. The Labute approximate surface area is 212 Å². The van der Waals surface area contributed by atoms with Gasteiger partial charge in [0.25, 0.3) is 0 Å². The van der Waals surface area contributed by atoms with Crippen molar-refractivity contribution in [3.63, 3.8) is 0 Å². The van der Waals surface area contributed by atoms with E-state index in [2.05, 4.69) is 47.6 Å². The van der Waals surface area contributed by atoms with Crippen molar-refractivity contribution in [3.05, 3.63) is 34.9 Å². The van der Waals surface area contributed by atoms with E-state index >= 15 is 0 Å². The molecule has 0 spiro atoms. The van der Waals surface area contributed by atoms with Crippen LogP contribution in [-0.4, -0.2) is 51.8 Å². The molecule has 0 heterocycles. The molecule has 0 saturated carbocycles. The van der Waals surface area contributed by atoms with Gasteiger partial charge in [0.15, 0.2) is 12.6 Å². The second-order valence-electron chi connectivity index (χ2n) is 10.4. The van der Waals surface area contributed by atoms with E-state index in [1.165, 1.54) is 6.08 Å². The summed E-state index contributed by atoms with van der Waals surface area (Å²) in [5, 5.41) is 0. The predicted molar refractivity (Wildman–Crippen MR) is 142 cm³/mol. The lowest BCUT2D eigenvalue weighted by Gasteiger charge is -2.29. The average Bonchev–Trinajstić information content (AvgIpc) is 2.75. The van der Waals surface area contributed by atoms with E-state index in [0.29, 0.717) is 19.0 Å². The fraction of sp³-hybridized carbons (Fsp3) is 0.667. The molecular weight excluding hydrogens is 467 g/mol. The lowest BCUT2D eigenvalue weighted by molar-refractivity contribution is -0.114. The molecule has 0 bridgehead atoms. The van der Waals surface area contributed by atoms with Gasteiger partial charge in [0, 0.05) is 18.2 Å². The summed E-state index contributed by atoms with van der Waals surface area (Å²) in [6.45, 7) is 19.1. The van der Waals surface area contributed by atoms with Crippen molar-refractivity contribution in [3.8, 4) is 5.75 Å². The standard InChI is InChI=1S/C27H45O7P/c1-11-33-35(29,34-12-2)20(3)24(28)14-13-21-17-22(26(4,5)6)18-23(27(7,8)9)25(21)32-19-31-16-15-30-10/h13-14,17-18,20H,11-12,15-16,19H2,1-10H3/b14-13+. The number of allylic oxidation sites excluding steroid dienone is 1. The number of benzene rings is 1. The summed E-state index contributed by atoms with van der Waals surface area (Å²) >= 11 is 0. The fourth-order valence-electron chi connectivity index (χ4n) is 3.32. The van der Waals surface area contributed by atoms with Gasteiger partial charge in [0.05, 0.1) is 26.4 Å². The van der Waals surface area contributed by atoms with Gasteiger partial charge < -0.3 is 23.3 Å². The third-order valence-electron chi connectivity index (χ3n) is 5.44. The predicted octanol–water partition coefficient (Wildman–Crippen LogP) is 6.52. The first-order chi connectivity index (χ1) is 16.2. The van der Waals surface area contributed by atoms with Gasteiger partial charge in [-0.3, -0.25) is 9.36 Å². The summed E-state index contributed by atoms with van der Waals surface area (Å²) in [6, 6.07) is 4.18. The Hall–Kier alpha value is -1.50.